The minimum atomic E-state index is 0.339. The summed E-state index contributed by atoms with van der Waals surface area (Å²) in [5.74, 6) is 0.945. The van der Waals surface area contributed by atoms with Crippen LogP contribution in [-0.2, 0) is 6.42 Å². The van der Waals surface area contributed by atoms with E-state index in [0.29, 0.717) is 17.7 Å². The largest absolute Gasteiger partial charge is 0.508 e. The van der Waals surface area contributed by atoms with Gasteiger partial charge in [-0.3, -0.25) is 0 Å². The van der Waals surface area contributed by atoms with E-state index in [-0.39, 0.29) is 0 Å². The van der Waals surface area contributed by atoms with Crippen molar-refractivity contribution in [1.82, 2.24) is 5.32 Å². The van der Waals surface area contributed by atoms with Gasteiger partial charge in [-0.2, -0.15) is 0 Å². The smallest absolute Gasteiger partial charge is 0.115 e. The monoisotopic (exact) mass is 207 g/mol. The maximum absolute atomic E-state index is 9.17. The zero-order valence-corrected chi connectivity index (χ0v) is 9.83. The van der Waals surface area contributed by atoms with Crippen LogP contribution in [0.15, 0.2) is 24.3 Å². The van der Waals surface area contributed by atoms with Gasteiger partial charge in [0, 0.05) is 6.04 Å². The molecule has 0 bridgehead atoms. The summed E-state index contributed by atoms with van der Waals surface area (Å²) in [6, 6.07) is 8.01. The lowest BCUT2D eigenvalue weighted by Crippen LogP contribution is -2.32. The number of rotatable bonds is 5. The maximum Gasteiger partial charge on any atom is 0.115 e. The molecule has 0 aliphatic rings. The normalized spacial score (nSPS) is 14.9. The van der Waals surface area contributed by atoms with Crippen LogP contribution in [0.2, 0.25) is 0 Å². The summed E-state index contributed by atoms with van der Waals surface area (Å²) in [7, 11) is 0. The van der Waals surface area contributed by atoms with E-state index in [2.05, 4.69) is 26.1 Å². The maximum atomic E-state index is 9.17. The zero-order chi connectivity index (χ0) is 11.3. The second kappa shape index (κ2) is 5.76. The molecule has 2 nitrogen and oxygen atoms in total. The second-order valence-corrected chi connectivity index (χ2v) is 4.19. The molecule has 0 aliphatic carbocycles. The average molecular weight is 207 g/mol. The molecule has 84 valence electrons. The summed E-state index contributed by atoms with van der Waals surface area (Å²) in [4.78, 5) is 0. The molecule has 0 aliphatic heterocycles. The lowest BCUT2D eigenvalue weighted by Gasteiger charge is -2.20. The minimum absolute atomic E-state index is 0.339. The Kier molecular flexibility index (Phi) is 4.63. The van der Waals surface area contributed by atoms with Crippen molar-refractivity contribution in [2.45, 2.75) is 33.2 Å². The molecule has 0 amide bonds. The molecule has 2 N–H and O–H groups in total. The van der Waals surface area contributed by atoms with Crippen LogP contribution >= 0.6 is 0 Å². The number of hydrogen-bond acceptors (Lipinski definition) is 2. The fraction of sp³-hybridized carbons (Fsp3) is 0.538. The summed E-state index contributed by atoms with van der Waals surface area (Å²) in [5.41, 5.74) is 1.28. The van der Waals surface area contributed by atoms with Gasteiger partial charge in [-0.15, -0.1) is 0 Å². The molecule has 2 atom stereocenters. The number of aromatic hydroxyl groups is 1. The predicted molar refractivity (Wildman–Crippen MR) is 64.1 cm³/mol. The molecule has 1 rings (SSSR count). The Morgan fingerprint density at radius 2 is 1.80 bits per heavy atom. The van der Waals surface area contributed by atoms with Crippen LogP contribution in [0, 0.1) is 5.92 Å². The molecular weight excluding hydrogens is 186 g/mol. The first-order valence-electron chi connectivity index (χ1n) is 5.64. The lowest BCUT2D eigenvalue weighted by molar-refractivity contribution is 0.406. The Hall–Kier alpha value is -1.02. The molecule has 0 aromatic heterocycles. The van der Waals surface area contributed by atoms with E-state index in [0.717, 1.165) is 13.0 Å². The van der Waals surface area contributed by atoms with E-state index >= 15 is 0 Å². The quantitative estimate of drug-likeness (QED) is 0.777. The van der Waals surface area contributed by atoms with Gasteiger partial charge < -0.3 is 10.4 Å². The minimum Gasteiger partial charge on any atom is -0.508 e. The number of hydrogen-bond donors (Lipinski definition) is 2. The molecular formula is C13H21NO. The second-order valence-electron chi connectivity index (χ2n) is 4.19. The molecule has 2 heteroatoms. The summed E-state index contributed by atoms with van der Waals surface area (Å²) >= 11 is 0. The van der Waals surface area contributed by atoms with E-state index in [4.69, 9.17) is 0 Å². The SMILES string of the molecule is CCNC(C)C(C)Cc1ccc(O)cc1. The van der Waals surface area contributed by atoms with Crippen LogP contribution in [0.25, 0.3) is 0 Å². The number of nitrogens with one attached hydrogen (secondary N) is 1. The molecule has 0 saturated carbocycles. The molecule has 1 aromatic carbocycles. The van der Waals surface area contributed by atoms with E-state index in [1.54, 1.807) is 12.1 Å². The van der Waals surface area contributed by atoms with Crippen molar-refractivity contribution in [3.8, 4) is 5.75 Å². The van der Waals surface area contributed by atoms with Gasteiger partial charge in [0.15, 0.2) is 0 Å². The standard InChI is InChI=1S/C13H21NO/c1-4-14-11(3)10(2)9-12-5-7-13(15)8-6-12/h5-8,10-11,14-15H,4,9H2,1-3H3. The zero-order valence-electron chi connectivity index (χ0n) is 9.83. The van der Waals surface area contributed by atoms with Crippen molar-refractivity contribution in [3.63, 3.8) is 0 Å². The Balaban J connectivity index is 2.50. The Labute approximate surface area is 92.3 Å². The van der Waals surface area contributed by atoms with Gasteiger partial charge in [-0.25, -0.2) is 0 Å². The fourth-order valence-corrected chi connectivity index (χ4v) is 1.70. The van der Waals surface area contributed by atoms with Crippen molar-refractivity contribution in [2.75, 3.05) is 6.54 Å². The third-order valence-electron chi connectivity index (χ3n) is 2.87. The third-order valence-corrected chi connectivity index (χ3v) is 2.87. The first-order valence-corrected chi connectivity index (χ1v) is 5.64. The summed E-state index contributed by atoms with van der Waals surface area (Å²) in [6.07, 6.45) is 1.05. The Morgan fingerprint density at radius 3 is 2.33 bits per heavy atom. The van der Waals surface area contributed by atoms with Crippen LogP contribution < -0.4 is 5.32 Å². The van der Waals surface area contributed by atoms with Gasteiger partial charge in [0.1, 0.15) is 5.75 Å². The van der Waals surface area contributed by atoms with Crippen molar-refractivity contribution in [2.24, 2.45) is 5.92 Å². The Morgan fingerprint density at radius 1 is 1.20 bits per heavy atom. The van der Waals surface area contributed by atoms with Crippen LogP contribution in [0.3, 0.4) is 0 Å². The molecule has 0 spiro atoms. The van der Waals surface area contributed by atoms with Gasteiger partial charge in [-0.05, 0) is 43.5 Å². The van der Waals surface area contributed by atoms with Gasteiger partial charge in [0.05, 0.1) is 0 Å². The lowest BCUT2D eigenvalue weighted by atomic mass is 9.95. The van der Waals surface area contributed by atoms with Crippen LogP contribution in [0.4, 0.5) is 0 Å². The highest BCUT2D eigenvalue weighted by Gasteiger charge is 2.11. The van der Waals surface area contributed by atoms with Gasteiger partial charge in [-0.1, -0.05) is 26.0 Å². The van der Waals surface area contributed by atoms with Crippen molar-refractivity contribution < 1.29 is 5.11 Å². The number of phenols is 1. The van der Waals surface area contributed by atoms with E-state index < -0.39 is 0 Å². The predicted octanol–water partition coefficient (Wildman–Crippen LogP) is 2.57. The highest BCUT2D eigenvalue weighted by Crippen LogP contribution is 2.15. The molecule has 2 unspecified atom stereocenters. The first kappa shape index (κ1) is 12.1. The molecule has 15 heavy (non-hydrogen) atoms. The highest BCUT2D eigenvalue weighted by atomic mass is 16.3. The third kappa shape index (κ3) is 3.92. The molecule has 1 aromatic rings. The van der Waals surface area contributed by atoms with E-state index in [1.807, 2.05) is 12.1 Å². The fourth-order valence-electron chi connectivity index (χ4n) is 1.70. The van der Waals surface area contributed by atoms with Gasteiger partial charge in [0.25, 0.3) is 0 Å². The number of benzene rings is 1. The van der Waals surface area contributed by atoms with Crippen LogP contribution in [0.1, 0.15) is 26.3 Å². The molecule has 0 saturated heterocycles. The molecule has 0 fully saturated rings. The topological polar surface area (TPSA) is 32.3 Å². The van der Waals surface area contributed by atoms with Crippen molar-refractivity contribution in [1.29, 1.82) is 0 Å². The van der Waals surface area contributed by atoms with Crippen molar-refractivity contribution >= 4 is 0 Å². The summed E-state index contributed by atoms with van der Waals surface area (Å²) < 4.78 is 0. The van der Waals surface area contributed by atoms with Crippen molar-refractivity contribution in [3.05, 3.63) is 29.8 Å². The Bertz CT molecular complexity index is 281. The van der Waals surface area contributed by atoms with Crippen LogP contribution in [-0.4, -0.2) is 17.7 Å². The molecule has 0 radical (unpaired) electrons. The number of phenolic OH excluding ortho intramolecular Hbond substituents is 1. The first-order chi connectivity index (χ1) is 7.13. The van der Waals surface area contributed by atoms with Gasteiger partial charge in [0.2, 0.25) is 0 Å². The summed E-state index contributed by atoms with van der Waals surface area (Å²) in [5, 5.41) is 12.6. The van der Waals surface area contributed by atoms with E-state index in [1.165, 1.54) is 5.56 Å². The highest BCUT2D eigenvalue weighted by molar-refractivity contribution is 5.26. The van der Waals surface area contributed by atoms with Crippen LogP contribution in [0.5, 0.6) is 5.75 Å². The summed E-state index contributed by atoms with van der Waals surface area (Å²) in [6.45, 7) is 7.61. The van der Waals surface area contributed by atoms with Gasteiger partial charge >= 0.3 is 0 Å². The molecule has 0 heterocycles. The van der Waals surface area contributed by atoms with E-state index in [9.17, 15) is 5.11 Å². The average Bonchev–Trinajstić information content (AvgIpc) is 2.22.